The Kier molecular flexibility index (Phi) is 6.04. The smallest absolute Gasteiger partial charge is 0.320 e. The van der Waals surface area contributed by atoms with E-state index in [0.29, 0.717) is 12.2 Å². The van der Waals surface area contributed by atoms with Gasteiger partial charge in [-0.25, -0.2) is 5.48 Å². The zero-order chi connectivity index (χ0) is 11.2. The van der Waals surface area contributed by atoms with Gasteiger partial charge in [0.15, 0.2) is 0 Å². The molecule has 14 heavy (non-hydrogen) atoms. The van der Waals surface area contributed by atoms with Crippen molar-refractivity contribution >= 4 is 28.1 Å². The summed E-state index contributed by atoms with van der Waals surface area (Å²) in [5, 5.41) is 0. The van der Waals surface area contributed by atoms with Crippen molar-refractivity contribution in [3.05, 3.63) is 0 Å². The number of amides is 1. The summed E-state index contributed by atoms with van der Waals surface area (Å²) in [5.74, 6) is -0.128. The number of rotatable bonds is 6. The first-order valence-electron chi connectivity index (χ1n) is 3.57. The number of hydrogen-bond donors (Lipinski definition) is 3. The van der Waals surface area contributed by atoms with Gasteiger partial charge in [-0.3, -0.25) is 9.35 Å². The van der Waals surface area contributed by atoms with Gasteiger partial charge in [0.05, 0.1) is 6.04 Å². The van der Waals surface area contributed by atoms with Gasteiger partial charge in [-0.05, 0) is 18.4 Å². The van der Waals surface area contributed by atoms with Crippen LogP contribution in [0.15, 0.2) is 0 Å². The number of hydroxylamine groups is 1. The molecule has 84 valence electrons. The lowest BCUT2D eigenvalue weighted by Gasteiger charge is -2.09. The van der Waals surface area contributed by atoms with Crippen molar-refractivity contribution in [1.82, 2.24) is 5.48 Å². The van der Waals surface area contributed by atoms with E-state index in [1.54, 1.807) is 0 Å². The van der Waals surface area contributed by atoms with Crippen LogP contribution < -0.4 is 11.2 Å². The average molecular weight is 244 g/mol. The summed E-state index contributed by atoms with van der Waals surface area (Å²) in [4.78, 5) is 10.9. The molecule has 1 amide bonds. The zero-order valence-electron chi connectivity index (χ0n) is 7.47. The highest BCUT2D eigenvalue weighted by atomic mass is 32.3. The summed E-state index contributed by atoms with van der Waals surface area (Å²) in [6.07, 6.45) is 2.24. The molecule has 0 saturated heterocycles. The molecule has 1 unspecified atom stereocenters. The normalized spacial score (nSPS) is 13.6. The molecule has 7 nitrogen and oxygen atoms in total. The Bertz CT molecular complexity index is 278. The highest BCUT2D eigenvalue weighted by Gasteiger charge is 2.15. The van der Waals surface area contributed by atoms with Gasteiger partial charge in [-0.1, -0.05) is 0 Å². The fourth-order valence-corrected chi connectivity index (χ4v) is 1.22. The minimum Gasteiger partial charge on any atom is -0.320 e. The number of hydrogen-bond acceptors (Lipinski definition) is 6. The summed E-state index contributed by atoms with van der Waals surface area (Å²) in [6, 6.07) is -0.857. The van der Waals surface area contributed by atoms with Gasteiger partial charge in [-0.15, -0.1) is 4.28 Å². The molecule has 0 aromatic heterocycles. The van der Waals surface area contributed by atoms with E-state index < -0.39 is 22.3 Å². The second kappa shape index (κ2) is 6.19. The van der Waals surface area contributed by atoms with Crippen molar-refractivity contribution in [2.75, 3.05) is 12.0 Å². The Balaban J connectivity index is 3.84. The maximum Gasteiger partial charge on any atom is 0.418 e. The van der Waals surface area contributed by atoms with Gasteiger partial charge in [0.25, 0.3) is 5.91 Å². The summed E-state index contributed by atoms with van der Waals surface area (Å²) in [7, 11) is -4.67. The molecule has 0 heterocycles. The molecule has 0 bridgehead atoms. The van der Waals surface area contributed by atoms with Crippen LogP contribution in [0.1, 0.15) is 6.42 Å². The third-order valence-corrected chi connectivity index (χ3v) is 2.16. The summed E-state index contributed by atoms with van der Waals surface area (Å²) in [5.41, 5.74) is 6.87. The van der Waals surface area contributed by atoms with Crippen LogP contribution in [0.25, 0.3) is 0 Å². The predicted octanol–water partition coefficient (Wildman–Crippen LogP) is -1.08. The average Bonchev–Trinajstić information content (AvgIpc) is 2.09. The van der Waals surface area contributed by atoms with Crippen LogP contribution in [0, 0.1) is 0 Å². The minimum absolute atomic E-state index is 0.391. The van der Waals surface area contributed by atoms with Crippen molar-refractivity contribution in [3.8, 4) is 0 Å². The first-order chi connectivity index (χ1) is 6.37. The lowest BCUT2D eigenvalue weighted by molar-refractivity contribution is -0.129. The van der Waals surface area contributed by atoms with Crippen LogP contribution >= 0.6 is 11.8 Å². The topological polar surface area (TPSA) is 119 Å². The molecule has 0 aliphatic heterocycles. The van der Waals surface area contributed by atoms with E-state index in [0.717, 1.165) is 0 Å². The number of nitrogens with two attached hydrogens (primary N) is 1. The molecule has 0 spiro atoms. The molecular weight excluding hydrogens is 232 g/mol. The Morgan fingerprint density at radius 2 is 2.29 bits per heavy atom. The Morgan fingerprint density at radius 3 is 2.71 bits per heavy atom. The minimum atomic E-state index is -4.67. The highest BCUT2D eigenvalue weighted by Crippen LogP contribution is 1.98. The number of carbonyl (C=O) groups is 1. The van der Waals surface area contributed by atoms with Crippen molar-refractivity contribution in [2.24, 2.45) is 5.73 Å². The van der Waals surface area contributed by atoms with Crippen molar-refractivity contribution in [2.45, 2.75) is 12.5 Å². The molecule has 0 aliphatic carbocycles. The monoisotopic (exact) mass is 244 g/mol. The molecule has 0 rings (SSSR count). The van der Waals surface area contributed by atoms with Crippen molar-refractivity contribution < 1.29 is 22.0 Å². The molecule has 0 fully saturated rings. The van der Waals surface area contributed by atoms with E-state index in [2.05, 4.69) is 4.28 Å². The molecule has 0 aromatic carbocycles. The van der Waals surface area contributed by atoms with Gasteiger partial charge in [-0.2, -0.15) is 20.2 Å². The lowest BCUT2D eigenvalue weighted by atomic mass is 10.2. The Hall–Kier alpha value is -0.350. The summed E-state index contributed by atoms with van der Waals surface area (Å²) < 4.78 is 31.8. The third-order valence-electron chi connectivity index (χ3n) is 1.22. The molecule has 0 aromatic rings. The first-order valence-corrected chi connectivity index (χ1v) is 6.33. The Labute approximate surface area is 86.3 Å². The van der Waals surface area contributed by atoms with E-state index in [4.69, 9.17) is 10.3 Å². The van der Waals surface area contributed by atoms with E-state index in [-0.39, 0.29) is 0 Å². The Morgan fingerprint density at radius 1 is 1.71 bits per heavy atom. The van der Waals surface area contributed by atoms with Gasteiger partial charge in [0, 0.05) is 0 Å². The summed E-state index contributed by atoms with van der Waals surface area (Å²) in [6.45, 7) is 0. The maximum atomic E-state index is 10.9. The fourth-order valence-electron chi connectivity index (χ4n) is 0.545. The first kappa shape index (κ1) is 13.7. The van der Waals surface area contributed by atoms with Crippen molar-refractivity contribution in [1.29, 1.82) is 0 Å². The SMILES string of the molecule is CSCCC(N)C(=O)NOS(=O)(=O)O. The third kappa shape index (κ3) is 7.09. The largest absolute Gasteiger partial charge is 0.418 e. The highest BCUT2D eigenvalue weighted by molar-refractivity contribution is 7.98. The maximum absolute atomic E-state index is 10.9. The molecule has 4 N–H and O–H groups in total. The molecule has 0 radical (unpaired) electrons. The zero-order valence-corrected chi connectivity index (χ0v) is 9.10. The van der Waals surface area contributed by atoms with E-state index in [9.17, 15) is 13.2 Å². The van der Waals surface area contributed by atoms with Crippen molar-refractivity contribution in [3.63, 3.8) is 0 Å². The molecule has 0 saturated carbocycles. The van der Waals surface area contributed by atoms with Gasteiger partial charge >= 0.3 is 10.4 Å². The molecule has 0 aliphatic rings. The number of carbonyl (C=O) groups excluding carboxylic acids is 1. The second-order valence-electron chi connectivity index (χ2n) is 2.37. The quantitative estimate of drug-likeness (QED) is 0.401. The predicted molar refractivity (Wildman–Crippen MR) is 51.8 cm³/mol. The van der Waals surface area contributed by atoms with E-state index in [1.165, 1.54) is 17.2 Å². The van der Waals surface area contributed by atoms with Crippen LogP contribution in [0.3, 0.4) is 0 Å². The number of thioether (sulfide) groups is 1. The number of nitrogens with one attached hydrogen (secondary N) is 1. The van der Waals surface area contributed by atoms with Crippen LogP contribution in [0.2, 0.25) is 0 Å². The molecule has 1 atom stereocenters. The van der Waals surface area contributed by atoms with E-state index in [1.807, 2.05) is 6.26 Å². The van der Waals surface area contributed by atoms with Crippen LogP contribution in [0.5, 0.6) is 0 Å². The van der Waals surface area contributed by atoms with Gasteiger partial charge in [0.2, 0.25) is 0 Å². The standard InChI is InChI=1S/C5H12N2O5S2/c1-13-3-2-4(6)5(8)7-12-14(9,10)11/h4H,2-3,6H2,1H3,(H,7,8)(H,9,10,11). The second-order valence-corrected chi connectivity index (χ2v) is 4.37. The lowest BCUT2D eigenvalue weighted by Crippen LogP contribution is -2.41. The van der Waals surface area contributed by atoms with Crippen LogP contribution in [-0.4, -0.2) is 36.9 Å². The van der Waals surface area contributed by atoms with Crippen LogP contribution in [0.4, 0.5) is 0 Å². The van der Waals surface area contributed by atoms with Crippen LogP contribution in [-0.2, 0) is 19.5 Å². The fraction of sp³-hybridized carbons (Fsp3) is 0.800. The van der Waals surface area contributed by atoms with Gasteiger partial charge < -0.3 is 5.73 Å². The molecule has 9 heteroatoms. The van der Waals surface area contributed by atoms with E-state index >= 15 is 0 Å². The van der Waals surface area contributed by atoms with Gasteiger partial charge in [0.1, 0.15) is 0 Å². The molecular formula is C5H12N2O5S2. The summed E-state index contributed by atoms with van der Waals surface area (Å²) >= 11 is 1.50.